The predicted molar refractivity (Wildman–Crippen MR) is 124 cm³/mol. The van der Waals surface area contributed by atoms with Gasteiger partial charge >= 0.3 is 18.3 Å². The van der Waals surface area contributed by atoms with Gasteiger partial charge < -0.3 is 9.84 Å². The largest absolute Gasteiger partial charge is 0.449 e. The summed E-state index contributed by atoms with van der Waals surface area (Å²) in [4.78, 5) is 40.2. The Labute approximate surface area is 208 Å². The minimum Gasteiger partial charge on any atom is -0.449 e. The molecule has 190 valence electrons. The number of carbonyl (C=O) groups is 3. The molecule has 1 saturated heterocycles. The number of carbonyl (C=O) groups excluding carboxylic acids is 3. The maximum absolute atomic E-state index is 13.5. The number of nitrogens with zero attached hydrogens (tertiary/aromatic N) is 3. The number of ether oxygens (including phenoxy) is 1. The maximum Gasteiger partial charge on any atom is 0.417 e. The molecule has 0 saturated carbocycles. The molecule has 2 N–H and O–H groups in total. The highest BCUT2D eigenvalue weighted by Crippen LogP contribution is 2.40. The predicted octanol–water partition coefficient (Wildman–Crippen LogP) is 4.91. The number of aliphatic hydroxyl groups is 1. The lowest BCUT2D eigenvalue weighted by Crippen LogP contribution is -2.44. The van der Waals surface area contributed by atoms with Crippen LogP contribution in [0.3, 0.4) is 0 Å². The van der Waals surface area contributed by atoms with Crippen LogP contribution < -0.4 is 15.1 Å². The molecule has 0 aromatic heterocycles. The Morgan fingerprint density at radius 3 is 2.47 bits per heavy atom. The zero-order valence-electron chi connectivity index (χ0n) is 19.0. The summed E-state index contributed by atoms with van der Waals surface area (Å²) in [6.45, 7) is 2.59. The van der Waals surface area contributed by atoms with Gasteiger partial charge in [0.05, 0.1) is 40.2 Å². The first-order chi connectivity index (χ1) is 16.8. The van der Waals surface area contributed by atoms with Crippen LogP contribution in [0.15, 0.2) is 36.4 Å². The van der Waals surface area contributed by atoms with Gasteiger partial charge in [-0.3, -0.25) is 15.0 Å². The number of benzene rings is 2. The summed E-state index contributed by atoms with van der Waals surface area (Å²) in [7, 11) is 0. The third kappa shape index (κ3) is 5.07. The van der Waals surface area contributed by atoms with Crippen molar-refractivity contribution in [3.05, 3.63) is 52.5 Å². The Morgan fingerprint density at radius 2 is 1.86 bits per heavy atom. The van der Waals surface area contributed by atoms with Crippen molar-refractivity contribution in [3.63, 3.8) is 0 Å². The van der Waals surface area contributed by atoms with E-state index in [9.17, 15) is 27.6 Å². The molecule has 0 radical (unpaired) electrons. The Bertz CT molecular complexity index is 1260. The Kier molecular flexibility index (Phi) is 7.47. The van der Waals surface area contributed by atoms with Crippen LogP contribution in [0.4, 0.5) is 39.8 Å². The van der Waals surface area contributed by atoms with E-state index in [0.717, 1.165) is 17.0 Å². The van der Waals surface area contributed by atoms with Crippen molar-refractivity contribution in [2.24, 2.45) is 0 Å². The average Bonchev–Trinajstić information content (AvgIpc) is 2.98. The Hall–Kier alpha value is -3.82. The Balaban J connectivity index is 1.99. The minimum atomic E-state index is -4.88. The normalized spacial score (nSPS) is 15.2. The topological polar surface area (TPSA) is 123 Å². The van der Waals surface area contributed by atoms with Gasteiger partial charge in [0, 0.05) is 18.7 Å². The van der Waals surface area contributed by atoms with E-state index in [1.54, 1.807) is 0 Å². The third-order valence-electron chi connectivity index (χ3n) is 5.34. The van der Waals surface area contributed by atoms with Crippen molar-refractivity contribution in [3.8, 4) is 6.07 Å². The van der Waals surface area contributed by atoms with Crippen molar-refractivity contribution in [1.82, 2.24) is 0 Å². The second-order valence-corrected chi connectivity index (χ2v) is 8.57. The summed E-state index contributed by atoms with van der Waals surface area (Å²) in [5.41, 5.74) is -3.64. The van der Waals surface area contributed by atoms with E-state index >= 15 is 0 Å². The standard InChI is InChI=1S/C23H20ClF3N4O5/c1-22(2)19(33)30(14-5-4-13(12-28)16(10-14)23(25,26)27)21(35)31(22)15-6-7-17(24)18(11-15)29-20(34)36-9-3-8-32/h4-7,10-11,32H,3,8-9H2,1-2H3,(H,29,34). The molecule has 0 unspecified atom stereocenters. The summed E-state index contributed by atoms with van der Waals surface area (Å²) >= 11 is 6.13. The van der Waals surface area contributed by atoms with Crippen molar-refractivity contribution < 1.29 is 37.4 Å². The molecule has 36 heavy (non-hydrogen) atoms. The van der Waals surface area contributed by atoms with Gasteiger partial charge in [-0.05, 0) is 50.2 Å². The molecule has 2 aromatic rings. The highest BCUT2D eigenvalue weighted by molar-refractivity contribution is 6.34. The van der Waals surface area contributed by atoms with Gasteiger partial charge in [0.1, 0.15) is 5.54 Å². The quantitative estimate of drug-likeness (QED) is 0.409. The molecule has 0 bridgehead atoms. The first-order valence-corrected chi connectivity index (χ1v) is 10.8. The highest BCUT2D eigenvalue weighted by Gasteiger charge is 2.53. The number of rotatable bonds is 6. The molecule has 0 aliphatic carbocycles. The number of imide groups is 1. The molecule has 13 heteroatoms. The summed E-state index contributed by atoms with van der Waals surface area (Å²) < 4.78 is 45.3. The summed E-state index contributed by atoms with van der Waals surface area (Å²) in [5, 5.41) is 20.3. The molecule has 2 aromatic carbocycles. The van der Waals surface area contributed by atoms with Gasteiger partial charge in [-0.25, -0.2) is 14.5 Å². The molecule has 1 aliphatic heterocycles. The average molecular weight is 525 g/mol. The van der Waals surface area contributed by atoms with Crippen LogP contribution in [0, 0.1) is 11.3 Å². The van der Waals surface area contributed by atoms with E-state index in [1.807, 2.05) is 0 Å². The number of hydrogen-bond donors (Lipinski definition) is 2. The van der Waals surface area contributed by atoms with Crippen LogP contribution in [0.5, 0.6) is 0 Å². The van der Waals surface area contributed by atoms with Crippen molar-refractivity contribution in [2.75, 3.05) is 28.3 Å². The molecule has 1 fully saturated rings. The van der Waals surface area contributed by atoms with Crippen LogP contribution in [0.1, 0.15) is 31.4 Å². The number of alkyl halides is 3. The fourth-order valence-corrected chi connectivity index (χ4v) is 3.75. The summed E-state index contributed by atoms with van der Waals surface area (Å²) in [5.74, 6) is -0.807. The SMILES string of the molecule is CC1(C)C(=O)N(c2ccc(C#N)c(C(F)(F)F)c2)C(=O)N1c1ccc(Cl)c(NC(=O)OCCCO)c1. The first-order valence-electron chi connectivity index (χ1n) is 10.5. The number of anilines is 3. The minimum absolute atomic E-state index is 0.0503. The van der Waals surface area contributed by atoms with E-state index in [-0.39, 0.29) is 41.7 Å². The first kappa shape index (κ1) is 26.8. The van der Waals surface area contributed by atoms with E-state index < -0.39 is 40.9 Å². The lowest BCUT2D eigenvalue weighted by atomic mass is 10.0. The molecule has 9 nitrogen and oxygen atoms in total. The van der Waals surface area contributed by atoms with Gasteiger partial charge in [-0.15, -0.1) is 0 Å². The van der Waals surface area contributed by atoms with Gasteiger partial charge in [-0.2, -0.15) is 18.4 Å². The van der Waals surface area contributed by atoms with E-state index in [2.05, 4.69) is 5.32 Å². The smallest absolute Gasteiger partial charge is 0.417 e. The number of urea groups is 1. The molecular weight excluding hydrogens is 505 g/mol. The molecule has 0 atom stereocenters. The third-order valence-corrected chi connectivity index (χ3v) is 5.67. The fraction of sp³-hybridized carbons (Fsp3) is 0.304. The van der Waals surface area contributed by atoms with Crippen LogP contribution in [0.2, 0.25) is 5.02 Å². The lowest BCUT2D eigenvalue weighted by molar-refractivity contribution is -0.137. The molecule has 0 spiro atoms. The van der Waals surface area contributed by atoms with Gasteiger partial charge in [0.2, 0.25) is 0 Å². The molecule has 1 aliphatic rings. The molecule has 4 amide bonds. The zero-order valence-corrected chi connectivity index (χ0v) is 19.8. The maximum atomic E-state index is 13.5. The zero-order chi connectivity index (χ0) is 26.8. The van der Waals surface area contributed by atoms with E-state index in [4.69, 9.17) is 26.7 Å². The van der Waals surface area contributed by atoms with Crippen molar-refractivity contribution in [2.45, 2.75) is 32.0 Å². The molecular formula is C23H20ClF3N4O5. The number of amides is 4. The molecule has 1 heterocycles. The van der Waals surface area contributed by atoms with Crippen LogP contribution in [-0.4, -0.2) is 41.9 Å². The number of halogens is 4. The molecule has 3 rings (SSSR count). The summed E-state index contributed by atoms with van der Waals surface area (Å²) in [6.07, 6.45) is -5.53. The van der Waals surface area contributed by atoms with Crippen LogP contribution in [0.25, 0.3) is 0 Å². The monoisotopic (exact) mass is 524 g/mol. The van der Waals surface area contributed by atoms with Crippen LogP contribution >= 0.6 is 11.6 Å². The van der Waals surface area contributed by atoms with Gasteiger partial charge in [0.15, 0.2) is 0 Å². The Morgan fingerprint density at radius 1 is 1.19 bits per heavy atom. The van der Waals surface area contributed by atoms with E-state index in [0.29, 0.717) is 11.0 Å². The second-order valence-electron chi connectivity index (χ2n) is 8.16. The lowest BCUT2D eigenvalue weighted by Gasteiger charge is -2.28. The highest BCUT2D eigenvalue weighted by atomic mass is 35.5. The number of hydrogen-bond acceptors (Lipinski definition) is 6. The van der Waals surface area contributed by atoms with Crippen molar-refractivity contribution >= 4 is 46.7 Å². The fourth-order valence-electron chi connectivity index (χ4n) is 3.58. The number of nitrogens with one attached hydrogen (secondary N) is 1. The van der Waals surface area contributed by atoms with Gasteiger partial charge in [0.25, 0.3) is 5.91 Å². The van der Waals surface area contributed by atoms with Crippen LogP contribution in [-0.2, 0) is 15.7 Å². The van der Waals surface area contributed by atoms with Gasteiger partial charge in [-0.1, -0.05) is 11.6 Å². The number of aliphatic hydroxyl groups excluding tert-OH is 1. The van der Waals surface area contributed by atoms with Crippen molar-refractivity contribution in [1.29, 1.82) is 5.26 Å². The van der Waals surface area contributed by atoms with E-state index in [1.165, 1.54) is 38.1 Å². The summed E-state index contributed by atoms with van der Waals surface area (Å²) in [6, 6.07) is 7.13. The second kappa shape index (κ2) is 10.0. The number of nitriles is 1.